The largest absolute Gasteiger partial charge is 0.315 e. The summed E-state index contributed by atoms with van der Waals surface area (Å²) in [5, 5.41) is 3.06. The van der Waals surface area contributed by atoms with Crippen LogP contribution < -0.4 is 5.32 Å². The van der Waals surface area contributed by atoms with E-state index in [4.69, 9.17) is 0 Å². The van der Waals surface area contributed by atoms with Gasteiger partial charge in [-0.25, -0.2) is 8.42 Å². The van der Waals surface area contributed by atoms with E-state index in [0.717, 1.165) is 44.9 Å². The van der Waals surface area contributed by atoms with Crippen molar-refractivity contribution in [3.05, 3.63) is 0 Å². The zero-order valence-corrected chi connectivity index (χ0v) is 13.4. The van der Waals surface area contributed by atoms with E-state index in [1.165, 1.54) is 6.42 Å². The molecule has 112 valence electrons. The van der Waals surface area contributed by atoms with Gasteiger partial charge in [0.2, 0.25) is 0 Å². The average molecular weight is 287 g/mol. The minimum Gasteiger partial charge on any atom is -0.315 e. The van der Waals surface area contributed by atoms with E-state index < -0.39 is 9.84 Å². The van der Waals surface area contributed by atoms with E-state index in [1.807, 2.05) is 7.05 Å². The molecule has 2 aliphatic rings. The number of nitrogens with one attached hydrogen (secondary N) is 1. The van der Waals surface area contributed by atoms with Crippen molar-refractivity contribution in [2.24, 2.45) is 5.41 Å². The third-order valence-corrected chi connectivity index (χ3v) is 8.03. The number of rotatable bonds is 3. The van der Waals surface area contributed by atoms with Crippen molar-refractivity contribution in [1.82, 2.24) is 5.32 Å². The Morgan fingerprint density at radius 1 is 1.00 bits per heavy atom. The maximum atomic E-state index is 13.0. The highest BCUT2D eigenvalue weighted by molar-refractivity contribution is 7.92. The van der Waals surface area contributed by atoms with Crippen LogP contribution in [0, 0.1) is 5.41 Å². The molecule has 0 heterocycles. The molecule has 0 bridgehead atoms. The lowest BCUT2D eigenvalue weighted by Gasteiger charge is -2.44. The van der Waals surface area contributed by atoms with Crippen molar-refractivity contribution in [3.8, 4) is 0 Å². The number of sulfone groups is 1. The van der Waals surface area contributed by atoms with Crippen LogP contribution in [0.2, 0.25) is 0 Å². The normalized spacial score (nSPS) is 33.2. The van der Waals surface area contributed by atoms with E-state index in [0.29, 0.717) is 0 Å². The van der Waals surface area contributed by atoms with Crippen molar-refractivity contribution in [1.29, 1.82) is 0 Å². The van der Waals surface area contributed by atoms with Gasteiger partial charge in [-0.1, -0.05) is 39.5 Å². The topological polar surface area (TPSA) is 46.2 Å². The SMILES string of the molecule is CNC1C(S(=O)(=O)C2CCCCC2)CCCC1(C)C. The summed E-state index contributed by atoms with van der Waals surface area (Å²) in [7, 11) is -1.06. The van der Waals surface area contributed by atoms with E-state index in [9.17, 15) is 8.42 Å². The minimum atomic E-state index is -2.98. The molecule has 0 aromatic heterocycles. The van der Waals surface area contributed by atoms with Gasteiger partial charge in [0.15, 0.2) is 9.84 Å². The Balaban J connectivity index is 2.22. The molecule has 2 unspecified atom stereocenters. The lowest BCUT2D eigenvalue weighted by molar-refractivity contribution is 0.177. The highest BCUT2D eigenvalue weighted by Crippen LogP contribution is 2.40. The van der Waals surface area contributed by atoms with Gasteiger partial charge < -0.3 is 5.32 Å². The van der Waals surface area contributed by atoms with Crippen molar-refractivity contribution in [2.45, 2.75) is 81.8 Å². The molecular weight excluding hydrogens is 258 g/mol. The molecule has 0 aromatic carbocycles. The lowest BCUT2D eigenvalue weighted by Crippen LogP contribution is -2.56. The Morgan fingerprint density at radius 2 is 1.63 bits per heavy atom. The number of hydrogen-bond acceptors (Lipinski definition) is 3. The molecular formula is C15H29NO2S. The summed E-state index contributed by atoms with van der Waals surface area (Å²) in [5.41, 5.74) is 0.0827. The van der Waals surface area contributed by atoms with E-state index in [1.54, 1.807) is 0 Å². The van der Waals surface area contributed by atoms with Crippen LogP contribution in [-0.2, 0) is 9.84 Å². The van der Waals surface area contributed by atoms with Crippen LogP contribution in [0.15, 0.2) is 0 Å². The summed E-state index contributed by atoms with van der Waals surface area (Å²) in [4.78, 5) is 0. The van der Waals surface area contributed by atoms with Gasteiger partial charge in [0.05, 0.1) is 10.5 Å². The van der Waals surface area contributed by atoms with Gasteiger partial charge in [0.25, 0.3) is 0 Å². The second kappa shape index (κ2) is 5.72. The van der Waals surface area contributed by atoms with Crippen LogP contribution >= 0.6 is 0 Å². The fourth-order valence-corrected chi connectivity index (χ4v) is 7.02. The zero-order chi connectivity index (χ0) is 14.1. The average Bonchev–Trinajstić information content (AvgIpc) is 2.38. The first-order chi connectivity index (χ1) is 8.89. The standard InChI is InChI=1S/C15H29NO2S/c1-15(2)11-7-10-13(14(15)16-3)19(17,18)12-8-5-4-6-9-12/h12-14,16H,4-11H2,1-3H3. The van der Waals surface area contributed by atoms with E-state index in [2.05, 4.69) is 19.2 Å². The predicted molar refractivity (Wildman–Crippen MR) is 80.1 cm³/mol. The minimum absolute atomic E-state index is 0.0731. The first-order valence-electron chi connectivity index (χ1n) is 7.79. The molecule has 2 aliphatic carbocycles. The van der Waals surface area contributed by atoms with Gasteiger partial charge >= 0.3 is 0 Å². The van der Waals surface area contributed by atoms with Gasteiger partial charge in [0.1, 0.15) is 0 Å². The highest BCUT2D eigenvalue weighted by atomic mass is 32.2. The summed E-state index contributed by atoms with van der Waals surface area (Å²) < 4.78 is 25.9. The van der Waals surface area contributed by atoms with E-state index >= 15 is 0 Å². The maximum absolute atomic E-state index is 13.0. The van der Waals surface area contributed by atoms with Gasteiger partial charge in [-0.15, -0.1) is 0 Å². The molecule has 0 aliphatic heterocycles. The molecule has 3 nitrogen and oxygen atoms in total. The molecule has 0 amide bonds. The highest BCUT2D eigenvalue weighted by Gasteiger charge is 2.46. The predicted octanol–water partition coefficient (Wildman–Crippen LogP) is 2.90. The molecule has 0 radical (unpaired) electrons. The Labute approximate surface area is 118 Å². The van der Waals surface area contributed by atoms with Gasteiger partial charge in [0, 0.05) is 6.04 Å². The molecule has 2 fully saturated rings. The lowest BCUT2D eigenvalue weighted by atomic mass is 9.73. The van der Waals surface area contributed by atoms with Crippen LogP contribution in [0.25, 0.3) is 0 Å². The van der Waals surface area contributed by atoms with Crippen molar-refractivity contribution in [2.75, 3.05) is 7.05 Å². The third-order valence-electron chi connectivity index (χ3n) is 5.27. The smallest absolute Gasteiger partial charge is 0.157 e. The van der Waals surface area contributed by atoms with Crippen LogP contribution in [-0.4, -0.2) is 32.0 Å². The molecule has 0 spiro atoms. The molecule has 19 heavy (non-hydrogen) atoms. The molecule has 2 rings (SSSR count). The second-order valence-electron chi connectivity index (χ2n) is 7.03. The van der Waals surface area contributed by atoms with Crippen molar-refractivity contribution < 1.29 is 8.42 Å². The Bertz CT molecular complexity index is 396. The van der Waals surface area contributed by atoms with Crippen LogP contribution in [0.1, 0.15) is 65.2 Å². The molecule has 0 aromatic rings. The molecule has 2 atom stereocenters. The van der Waals surface area contributed by atoms with Crippen molar-refractivity contribution in [3.63, 3.8) is 0 Å². The Kier molecular flexibility index (Phi) is 4.61. The number of hydrogen-bond donors (Lipinski definition) is 1. The monoisotopic (exact) mass is 287 g/mol. The summed E-state index contributed by atoms with van der Waals surface area (Å²) in [5.74, 6) is 0. The summed E-state index contributed by atoms with van der Waals surface area (Å²) in [6, 6.07) is 0.105. The Morgan fingerprint density at radius 3 is 2.21 bits per heavy atom. The van der Waals surface area contributed by atoms with Gasteiger partial charge in [-0.2, -0.15) is 0 Å². The molecule has 0 saturated heterocycles. The van der Waals surface area contributed by atoms with Gasteiger partial charge in [-0.3, -0.25) is 0 Å². The van der Waals surface area contributed by atoms with Crippen LogP contribution in [0.5, 0.6) is 0 Å². The Hall–Kier alpha value is -0.0900. The molecule has 1 N–H and O–H groups in total. The maximum Gasteiger partial charge on any atom is 0.157 e. The molecule has 4 heteroatoms. The summed E-state index contributed by atoms with van der Waals surface area (Å²) in [6.45, 7) is 4.41. The summed E-state index contributed by atoms with van der Waals surface area (Å²) in [6.07, 6.45) is 8.16. The first kappa shape index (κ1) is 15.3. The van der Waals surface area contributed by atoms with Crippen LogP contribution in [0.3, 0.4) is 0 Å². The summed E-state index contributed by atoms with van der Waals surface area (Å²) >= 11 is 0. The third kappa shape index (κ3) is 2.99. The zero-order valence-electron chi connectivity index (χ0n) is 12.6. The van der Waals surface area contributed by atoms with E-state index in [-0.39, 0.29) is 22.0 Å². The van der Waals surface area contributed by atoms with Crippen molar-refractivity contribution >= 4 is 9.84 Å². The quantitative estimate of drug-likeness (QED) is 0.868. The van der Waals surface area contributed by atoms with Gasteiger partial charge in [-0.05, 0) is 38.1 Å². The molecule has 2 saturated carbocycles. The van der Waals surface area contributed by atoms with Crippen LogP contribution in [0.4, 0.5) is 0 Å². The fourth-order valence-electron chi connectivity index (χ4n) is 4.16. The fraction of sp³-hybridized carbons (Fsp3) is 1.00. The first-order valence-corrected chi connectivity index (χ1v) is 9.40. The second-order valence-corrected chi connectivity index (χ2v) is 9.48.